The Morgan fingerprint density at radius 3 is 2.47 bits per heavy atom. The quantitative estimate of drug-likeness (QED) is 0.744. The van der Waals surface area contributed by atoms with Gasteiger partial charge in [-0.3, -0.25) is 0 Å². The van der Waals surface area contributed by atoms with Crippen LogP contribution in [0.3, 0.4) is 0 Å². The number of hydrogen-bond acceptors (Lipinski definition) is 3. The standard InChI is InChI=1S/C12H17F2NO2/c1-9-7-10(13)11(14)8-12(9)17-6-4-15-3-5-16-2/h7-8,15H,3-6H2,1-2H3. The van der Waals surface area contributed by atoms with Gasteiger partial charge in [0.15, 0.2) is 11.6 Å². The molecule has 0 fully saturated rings. The lowest BCUT2D eigenvalue weighted by Gasteiger charge is -2.10. The first-order valence-electron chi connectivity index (χ1n) is 5.43. The first kappa shape index (κ1) is 13.9. The zero-order valence-corrected chi connectivity index (χ0v) is 10.1. The largest absolute Gasteiger partial charge is 0.492 e. The Morgan fingerprint density at radius 2 is 1.76 bits per heavy atom. The van der Waals surface area contributed by atoms with Crippen molar-refractivity contribution in [2.45, 2.75) is 6.92 Å². The van der Waals surface area contributed by atoms with Gasteiger partial charge in [-0.2, -0.15) is 0 Å². The molecular weight excluding hydrogens is 228 g/mol. The lowest BCUT2D eigenvalue weighted by atomic mass is 10.2. The molecule has 0 amide bonds. The summed E-state index contributed by atoms with van der Waals surface area (Å²) in [6.07, 6.45) is 0. The second kappa shape index (κ2) is 7.19. The van der Waals surface area contributed by atoms with Crippen molar-refractivity contribution in [3.63, 3.8) is 0 Å². The van der Waals surface area contributed by atoms with E-state index in [9.17, 15) is 8.78 Å². The van der Waals surface area contributed by atoms with Crippen molar-refractivity contribution < 1.29 is 18.3 Å². The fourth-order valence-electron chi connectivity index (χ4n) is 1.32. The monoisotopic (exact) mass is 245 g/mol. The van der Waals surface area contributed by atoms with Crippen molar-refractivity contribution in [3.8, 4) is 5.75 Å². The zero-order valence-electron chi connectivity index (χ0n) is 10.1. The van der Waals surface area contributed by atoms with Crippen LogP contribution in [0.4, 0.5) is 8.78 Å². The number of methoxy groups -OCH3 is 1. The number of hydrogen-bond donors (Lipinski definition) is 1. The molecule has 0 saturated heterocycles. The summed E-state index contributed by atoms with van der Waals surface area (Å²) in [4.78, 5) is 0. The molecule has 0 bridgehead atoms. The van der Waals surface area contributed by atoms with E-state index < -0.39 is 11.6 Å². The highest BCUT2D eigenvalue weighted by Gasteiger charge is 2.07. The van der Waals surface area contributed by atoms with E-state index in [1.807, 2.05) is 0 Å². The predicted molar refractivity (Wildman–Crippen MR) is 61.3 cm³/mol. The summed E-state index contributed by atoms with van der Waals surface area (Å²) in [5, 5.41) is 3.08. The van der Waals surface area contributed by atoms with Crippen LogP contribution in [0, 0.1) is 18.6 Å². The molecule has 1 aromatic rings. The molecule has 0 saturated carbocycles. The SMILES string of the molecule is COCCNCCOc1cc(F)c(F)cc1C. The topological polar surface area (TPSA) is 30.5 Å². The highest BCUT2D eigenvalue weighted by molar-refractivity contribution is 5.33. The molecule has 0 radical (unpaired) electrons. The van der Waals surface area contributed by atoms with E-state index in [2.05, 4.69) is 5.32 Å². The van der Waals surface area contributed by atoms with E-state index in [4.69, 9.17) is 9.47 Å². The third-order valence-electron chi connectivity index (χ3n) is 2.24. The Hall–Kier alpha value is -1.20. The average molecular weight is 245 g/mol. The van der Waals surface area contributed by atoms with E-state index in [-0.39, 0.29) is 0 Å². The van der Waals surface area contributed by atoms with Crippen LogP contribution in [0.5, 0.6) is 5.75 Å². The predicted octanol–water partition coefficient (Wildman–Crippen LogP) is 1.89. The van der Waals surface area contributed by atoms with Gasteiger partial charge in [0.05, 0.1) is 6.61 Å². The number of rotatable bonds is 7. The Balaban J connectivity index is 2.34. The molecular formula is C12H17F2NO2. The number of nitrogens with one attached hydrogen (secondary N) is 1. The van der Waals surface area contributed by atoms with E-state index in [1.54, 1.807) is 14.0 Å². The minimum absolute atomic E-state index is 0.373. The highest BCUT2D eigenvalue weighted by Crippen LogP contribution is 2.21. The summed E-state index contributed by atoms with van der Waals surface area (Å²) in [5.41, 5.74) is 0.584. The van der Waals surface area contributed by atoms with Crippen LogP contribution in [0.2, 0.25) is 0 Å². The van der Waals surface area contributed by atoms with Crippen molar-refractivity contribution in [1.82, 2.24) is 5.32 Å². The first-order valence-corrected chi connectivity index (χ1v) is 5.43. The van der Waals surface area contributed by atoms with Crippen LogP contribution < -0.4 is 10.1 Å². The van der Waals surface area contributed by atoms with E-state index in [0.29, 0.717) is 31.1 Å². The Morgan fingerprint density at radius 1 is 1.12 bits per heavy atom. The average Bonchev–Trinajstić information content (AvgIpc) is 2.30. The number of halogens is 2. The highest BCUT2D eigenvalue weighted by atomic mass is 19.2. The molecule has 0 unspecified atom stereocenters. The fraction of sp³-hybridized carbons (Fsp3) is 0.500. The molecule has 3 nitrogen and oxygen atoms in total. The fourth-order valence-corrected chi connectivity index (χ4v) is 1.32. The second-order valence-corrected chi connectivity index (χ2v) is 3.62. The summed E-state index contributed by atoms with van der Waals surface area (Å²) in [5.74, 6) is -1.37. The molecule has 0 aromatic heterocycles. The molecule has 0 aliphatic rings. The van der Waals surface area contributed by atoms with E-state index >= 15 is 0 Å². The number of benzene rings is 1. The van der Waals surface area contributed by atoms with Crippen molar-refractivity contribution in [2.24, 2.45) is 0 Å². The van der Waals surface area contributed by atoms with Gasteiger partial charge in [0.25, 0.3) is 0 Å². The van der Waals surface area contributed by atoms with Gasteiger partial charge in [0.1, 0.15) is 12.4 Å². The van der Waals surface area contributed by atoms with Crippen LogP contribution in [0.1, 0.15) is 5.56 Å². The maximum Gasteiger partial charge on any atom is 0.162 e. The summed E-state index contributed by atoms with van der Waals surface area (Å²) in [6, 6.07) is 2.20. The van der Waals surface area contributed by atoms with Crippen LogP contribution in [-0.2, 0) is 4.74 Å². The summed E-state index contributed by atoms with van der Waals surface area (Å²) in [6.45, 7) is 4.06. The number of ether oxygens (including phenoxy) is 2. The third-order valence-corrected chi connectivity index (χ3v) is 2.24. The second-order valence-electron chi connectivity index (χ2n) is 3.62. The Bertz CT molecular complexity index is 359. The molecule has 1 rings (SSSR count). The first-order chi connectivity index (χ1) is 8.15. The molecule has 0 spiro atoms. The van der Waals surface area contributed by atoms with Crippen molar-refractivity contribution in [2.75, 3.05) is 33.4 Å². The smallest absolute Gasteiger partial charge is 0.162 e. The Labute approximate surface area is 99.7 Å². The summed E-state index contributed by atoms with van der Waals surface area (Å²) in [7, 11) is 1.63. The minimum Gasteiger partial charge on any atom is -0.492 e. The molecule has 17 heavy (non-hydrogen) atoms. The van der Waals surface area contributed by atoms with E-state index in [1.165, 1.54) is 0 Å². The van der Waals surface area contributed by atoms with Crippen molar-refractivity contribution >= 4 is 0 Å². The molecule has 1 N–H and O–H groups in total. The van der Waals surface area contributed by atoms with Gasteiger partial charge in [-0.15, -0.1) is 0 Å². The molecule has 0 heterocycles. The molecule has 1 aromatic carbocycles. The van der Waals surface area contributed by atoms with Gasteiger partial charge >= 0.3 is 0 Å². The molecule has 0 aliphatic heterocycles. The Kier molecular flexibility index (Phi) is 5.86. The van der Waals surface area contributed by atoms with Crippen LogP contribution in [0.15, 0.2) is 12.1 Å². The lowest BCUT2D eigenvalue weighted by Crippen LogP contribution is -2.24. The summed E-state index contributed by atoms with van der Waals surface area (Å²) < 4.78 is 36.0. The van der Waals surface area contributed by atoms with E-state index in [0.717, 1.165) is 18.7 Å². The zero-order chi connectivity index (χ0) is 12.7. The summed E-state index contributed by atoms with van der Waals surface area (Å²) >= 11 is 0. The van der Waals surface area contributed by atoms with Crippen molar-refractivity contribution in [1.29, 1.82) is 0 Å². The van der Waals surface area contributed by atoms with Gasteiger partial charge in [0.2, 0.25) is 0 Å². The van der Waals surface area contributed by atoms with Gasteiger partial charge in [-0.1, -0.05) is 0 Å². The molecule has 5 heteroatoms. The molecule has 96 valence electrons. The van der Waals surface area contributed by atoms with Crippen LogP contribution in [0.25, 0.3) is 0 Å². The van der Waals surface area contributed by atoms with Crippen LogP contribution in [-0.4, -0.2) is 33.4 Å². The van der Waals surface area contributed by atoms with Gasteiger partial charge in [-0.25, -0.2) is 8.78 Å². The minimum atomic E-state index is -0.891. The van der Waals surface area contributed by atoms with Crippen molar-refractivity contribution in [3.05, 3.63) is 29.3 Å². The third kappa shape index (κ3) is 4.66. The van der Waals surface area contributed by atoms with Crippen LogP contribution >= 0.6 is 0 Å². The van der Waals surface area contributed by atoms with Gasteiger partial charge in [-0.05, 0) is 18.6 Å². The van der Waals surface area contributed by atoms with Gasteiger partial charge < -0.3 is 14.8 Å². The normalized spacial score (nSPS) is 10.6. The maximum absolute atomic E-state index is 12.9. The molecule has 0 atom stereocenters. The molecule has 0 aliphatic carbocycles. The maximum atomic E-state index is 12.9. The number of aryl methyl sites for hydroxylation is 1. The lowest BCUT2D eigenvalue weighted by molar-refractivity contribution is 0.196. The van der Waals surface area contributed by atoms with Gasteiger partial charge in [0, 0.05) is 26.3 Å².